The molecule has 2 aliphatic rings. The molecule has 10 nitrogen and oxygen atoms in total. The predicted molar refractivity (Wildman–Crippen MR) is 164 cm³/mol. The molecule has 2 aromatic heterocycles. The molecule has 1 saturated carbocycles. The molecule has 0 bridgehead atoms. The van der Waals surface area contributed by atoms with E-state index in [0.717, 1.165) is 32.0 Å². The quantitative estimate of drug-likeness (QED) is 0.294. The van der Waals surface area contributed by atoms with Crippen molar-refractivity contribution >= 4 is 28.9 Å². The molecular weight excluding hydrogens is 530 g/mol. The fourth-order valence-corrected chi connectivity index (χ4v) is 5.35. The fraction of sp³-hybridized carbons (Fsp3) is 0.312. The molecule has 6 rings (SSSR count). The Kier molecular flexibility index (Phi) is 7.73. The van der Waals surface area contributed by atoms with Crippen LogP contribution >= 0.6 is 0 Å². The number of carbonyl (C=O) groups is 1. The van der Waals surface area contributed by atoms with Crippen LogP contribution in [0.25, 0.3) is 11.1 Å². The summed E-state index contributed by atoms with van der Waals surface area (Å²) in [6.07, 6.45) is 4.13. The Morgan fingerprint density at radius 3 is 2.38 bits per heavy atom. The van der Waals surface area contributed by atoms with E-state index in [-0.39, 0.29) is 18.1 Å². The van der Waals surface area contributed by atoms with Gasteiger partial charge >= 0.3 is 0 Å². The number of nitrogens with one attached hydrogen (secondary N) is 2. The minimum Gasteiger partial charge on any atom is -0.392 e. The molecule has 42 heavy (non-hydrogen) atoms. The summed E-state index contributed by atoms with van der Waals surface area (Å²) in [5.41, 5.74) is 4.40. The van der Waals surface area contributed by atoms with Crippen LogP contribution in [0.15, 0.2) is 71.7 Å². The minimum absolute atomic E-state index is 0.228. The third kappa shape index (κ3) is 5.90. The normalized spacial score (nSPS) is 15.5. The Hall–Kier alpha value is -4.54. The van der Waals surface area contributed by atoms with E-state index in [0.29, 0.717) is 45.4 Å². The van der Waals surface area contributed by atoms with Gasteiger partial charge in [-0.2, -0.15) is 0 Å². The van der Waals surface area contributed by atoms with Crippen molar-refractivity contribution in [3.63, 3.8) is 0 Å². The molecule has 2 aromatic carbocycles. The average Bonchev–Trinajstić information content (AvgIpc) is 3.86. The standard InChI is InChI=1S/C32H35N7O3/c1-37-14-16-39(17-15-37)30-13-12-29(35-36-30)33-28-18-24(19-38(2)32(28)42)25-4-3-5-27(26(25)20-40)34-31(41)23-10-8-22(9-11-23)21-6-7-21/h3-5,8-13,18-19,21,40H,6-7,14-17,20H2,1-2H3,(H,33,35)(H,34,41). The first-order valence-electron chi connectivity index (χ1n) is 14.3. The summed E-state index contributed by atoms with van der Waals surface area (Å²) in [5.74, 6) is 1.64. The number of piperazine rings is 1. The SMILES string of the molecule is CN1CCN(c2ccc(Nc3cc(-c4cccc(NC(=O)c5ccc(C6CC6)cc5)c4CO)cn(C)c3=O)nn2)CC1. The number of likely N-dealkylation sites (N-methyl/N-ethyl adjacent to an activating group) is 1. The van der Waals surface area contributed by atoms with Crippen molar-refractivity contribution in [3.8, 4) is 11.1 Å². The van der Waals surface area contributed by atoms with Gasteiger partial charge in [-0.15, -0.1) is 10.2 Å². The van der Waals surface area contributed by atoms with Crippen LogP contribution in [0.4, 0.5) is 23.0 Å². The second kappa shape index (κ2) is 11.8. The first-order valence-corrected chi connectivity index (χ1v) is 14.3. The summed E-state index contributed by atoms with van der Waals surface area (Å²) in [4.78, 5) is 30.6. The molecule has 0 atom stereocenters. The monoisotopic (exact) mass is 565 g/mol. The van der Waals surface area contributed by atoms with E-state index in [1.54, 1.807) is 25.4 Å². The van der Waals surface area contributed by atoms with Gasteiger partial charge in [0, 0.05) is 61.8 Å². The molecule has 4 aromatic rings. The van der Waals surface area contributed by atoms with Crippen molar-refractivity contribution in [1.29, 1.82) is 0 Å². The smallest absolute Gasteiger partial charge is 0.274 e. The highest BCUT2D eigenvalue weighted by atomic mass is 16.3. The number of aromatic nitrogens is 3. The van der Waals surface area contributed by atoms with Gasteiger partial charge in [0.2, 0.25) is 0 Å². The van der Waals surface area contributed by atoms with Crippen LogP contribution in [0.5, 0.6) is 0 Å². The average molecular weight is 566 g/mol. The second-order valence-electron chi connectivity index (χ2n) is 11.1. The van der Waals surface area contributed by atoms with E-state index in [2.05, 4.69) is 37.7 Å². The Morgan fingerprint density at radius 1 is 0.952 bits per heavy atom. The first kappa shape index (κ1) is 27.6. The second-order valence-corrected chi connectivity index (χ2v) is 11.1. The molecule has 10 heteroatoms. The summed E-state index contributed by atoms with van der Waals surface area (Å²) in [6.45, 7) is 3.43. The molecule has 216 valence electrons. The molecule has 0 unspecified atom stereocenters. The number of nitrogens with zero attached hydrogens (tertiary/aromatic N) is 5. The largest absolute Gasteiger partial charge is 0.392 e. The van der Waals surface area contributed by atoms with Crippen LogP contribution in [-0.2, 0) is 13.7 Å². The predicted octanol–water partition coefficient (Wildman–Crippen LogP) is 3.96. The number of aryl methyl sites for hydroxylation is 1. The molecule has 0 spiro atoms. The Morgan fingerprint density at radius 2 is 1.71 bits per heavy atom. The highest BCUT2D eigenvalue weighted by Gasteiger charge is 2.23. The molecule has 3 heterocycles. The lowest BCUT2D eigenvalue weighted by Gasteiger charge is -2.32. The van der Waals surface area contributed by atoms with Gasteiger partial charge in [-0.25, -0.2) is 0 Å². The highest BCUT2D eigenvalue weighted by molar-refractivity contribution is 6.05. The van der Waals surface area contributed by atoms with Gasteiger partial charge in [0.15, 0.2) is 11.6 Å². The number of aliphatic hydroxyl groups excluding tert-OH is 1. The minimum atomic E-state index is -0.294. The summed E-state index contributed by atoms with van der Waals surface area (Å²) < 4.78 is 1.48. The number of aliphatic hydroxyl groups is 1. The van der Waals surface area contributed by atoms with E-state index in [9.17, 15) is 14.7 Å². The summed E-state index contributed by atoms with van der Waals surface area (Å²) >= 11 is 0. The Bertz CT molecular complexity index is 1640. The van der Waals surface area contributed by atoms with Crippen LogP contribution in [0.3, 0.4) is 0 Å². The fourth-order valence-electron chi connectivity index (χ4n) is 5.35. The highest BCUT2D eigenvalue weighted by Crippen LogP contribution is 2.40. The van der Waals surface area contributed by atoms with Gasteiger partial charge in [-0.3, -0.25) is 9.59 Å². The van der Waals surface area contributed by atoms with Crippen molar-refractivity contribution < 1.29 is 9.90 Å². The summed E-state index contributed by atoms with van der Waals surface area (Å²) in [7, 11) is 3.78. The number of hydrogen-bond acceptors (Lipinski definition) is 8. The van der Waals surface area contributed by atoms with Gasteiger partial charge in [-0.1, -0.05) is 24.3 Å². The van der Waals surface area contributed by atoms with Crippen molar-refractivity contribution in [2.24, 2.45) is 7.05 Å². The van der Waals surface area contributed by atoms with Crippen LogP contribution in [0.2, 0.25) is 0 Å². The number of benzene rings is 2. The molecule has 1 aliphatic heterocycles. The van der Waals surface area contributed by atoms with Crippen LogP contribution in [-0.4, -0.2) is 63.9 Å². The summed E-state index contributed by atoms with van der Waals surface area (Å²) in [6, 6.07) is 18.6. The van der Waals surface area contributed by atoms with E-state index in [4.69, 9.17) is 0 Å². The van der Waals surface area contributed by atoms with Gasteiger partial charge in [0.25, 0.3) is 11.5 Å². The van der Waals surface area contributed by atoms with Crippen molar-refractivity contribution in [3.05, 3.63) is 93.9 Å². The molecule has 1 aliphatic carbocycles. The molecule has 2 fully saturated rings. The van der Waals surface area contributed by atoms with Gasteiger partial charge < -0.3 is 30.1 Å². The van der Waals surface area contributed by atoms with Crippen LogP contribution in [0, 0.1) is 0 Å². The van der Waals surface area contributed by atoms with E-state index < -0.39 is 0 Å². The Balaban J connectivity index is 1.23. The number of anilines is 4. The third-order valence-electron chi connectivity index (χ3n) is 8.04. The number of carbonyl (C=O) groups excluding carboxylic acids is 1. The maximum absolute atomic E-state index is 13.1. The lowest BCUT2D eigenvalue weighted by Crippen LogP contribution is -2.44. The molecule has 1 saturated heterocycles. The maximum Gasteiger partial charge on any atom is 0.274 e. The Labute approximate surface area is 244 Å². The molecular formula is C32H35N7O3. The zero-order chi connectivity index (χ0) is 29.2. The number of rotatable bonds is 8. The lowest BCUT2D eigenvalue weighted by molar-refractivity contribution is 0.102. The van der Waals surface area contributed by atoms with E-state index >= 15 is 0 Å². The van der Waals surface area contributed by atoms with E-state index in [1.807, 2.05) is 48.5 Å². The zero-order valence-corrected chi connectivity index (χ0v) is 23.9. The first-order chi connectivity index (χ1) is 20.4. The van der Waals surface area contributed by atoms with Crippen LogP contribution < -0.4 is 21.1 Å². The molecule has 3 N–H and O–H groups in total. The van der Waals surface area contributed by atoms with Crippen LogP contribution in [0.1, 0.15) is 40.2 Å². The summed E-state index contributed by atoms with van der Waals surface area (Å²) in [5, 5.41) is 25.1. The number of pyridine rings is 1. The lowest BCUT2D eigenvalue weighted by atomic mass is 9.99. The van der Waals surface area contributed by atoms with Gasteiger partial charge in [0.1, 0.15) is 5.69 Å². The van der Waals surface area contributed by atoms with Gasteiger partial charge in [-0.05, 0) is 73.3 Å². The third-order valence-corrected chi connectivity index (χ3v) is 8.04. The molecule has 1 amide bonds. The van der Waals surface area contributed by atoms with E-state index in [1.165, 1.54) is 23.0 Å². The molecule has 0 radical (unpaired) electrons. The maximum atomic E-state index is 13.1. The van der Waals surface area contributed by atoms with Gasteiger partial charge in [0.05, 0.1) is 6.61 Å². The van der Waals surface area contributed by atoms with Crippen molar-refractivity contribution in [1.82, 2.24) is 19.7 Å². The number of amides is 1. The van der Waals surface area contributed by atoms with Crippen molar-refractivity contribution in [2.45, 2.75) is 25.4 Å². The number of hydrogen-bond donors (Lipinski definition) is 3. The van der Waals surface area contributed by atoms with Crippen molar-refractivity contribution in [2.75, 3.05) is 48.8 Å². The topological polar surface area (TPSA) is 116 Å². The zero-order valence-electron chi connectivity index (χ0n) is 23.9.